The Labute approximate surface area is 124 Å². The normalized spacial score (nSPS) is 10.0. The smallest absolute Gasteiger partial charge is 0.293 e. The molecule has 0 saturated carbocycles. The summed E-state index contributed by atoms with van der Waals surface area (Å²) in [7, 11) is 0. The molecule has 8 nitrogen and oxygen atoms in total. The SMILES string of the molecule is CC.Cc1nnc(-c2c(=O)n(C#N)n3cc(N)cnc23)s1. The van der Waals surface area contributed by atoms with Crippen molar-refractivity contribution in [2.24, 2.45) is 0 Å². The van der Waals surface area contributed by atoms with Gasteiger partial charge in [-0.25, -0.2) is 9.50 Å². The molecule has 0 spiro atoms. The highest BCUT2D eigenvalue weighted by atomic mass is 32.1. The number of nitriles is 1. The van der Waals surface area contributed by atoms with Crippen LogP contribution in [0.5, 0.6) is 0 Å². The Morgan fingerprint density at radius 1 is 1.38 bits per heavy atom. The molecule has 0 saturated heterocycles. The van der Waals surface area contributed by atoms with E-state index in [0.29, 0.717) is 16.3 Å². The van der Waals surface area contributed by atoms with Crippen LogP contribution in [0.4, 0.5) is 5.69 Å². The summed E-state index contributed by atoms with van der Waals surface area (Å²) in [6, 6.07) is 0. The van der Waals surface area contributed by atoms with Crippen LogP contribution in [0.15, 0.2) is 17.2 Å². The van der Waals surface area contributed by atoms with E-state index in [1.165, 1.54) is 28.2 Å². The highest BCUT2D eigenvalue weighted by Crippen LogP contribution is 2.24. The summed E-state index contributed by atoms with van der Waals surface area (Å²) < 4.78 is 2.19. The van der Waals surface area contributed by atoms with Gasteiger partial charge in [-0.15, -0.1) is 14.9 Å². The van der Waals surface area contributed by atoms with Gasteiger partial charge in [-0.1, -0.05) is 25.2 Å². The van der Waals surface area contributed by atoms with E-state index in [1.807, 2.05) is 13.8 Å². The second-order valence-corrected chi connectivity index (χ2v) is 4.96. The van der Waals surface area contributed by atoms with Crippen LogP contribution in [0.2, 0.25) is 0 Å². The highest BCUT2D eigenvalue weighted by Gasteiger charge is 2.20. The molecule has 0 atom stereocenters. The minimum absolute atomic E-state index is 0.257. The predicted molar refractivity (Wildman–Crippen MR) is 79.9 cm³/mol. The van der Waals surface area contributed by atoms with E-state index >= 15 is 0 Å². The van der Waals surface area contributed by atoms with Crippen molar-refractivity contribution >= 4 is 22.7 Å². The summed E-state index contributed by atoms with van der Waals surface area (Å²) in [6.45, 7) is 5.79. The first-order valence-corrected chi connectivity index (χ1v) is 7.03. The molecule has 3 rings (SSSR count). The average molecular weight is 303 g/mol. The third kappa shape index (κ3) is 2.36. The van der Waals surface area contributed by atoms with Crippen molar-refractivity contribution < 1.29 is 0 Å². The lowest BCUT2D eigenvalue weighted by Crippen LogP contribution is -2.16. The second kappa shape index (κ2) is 5.72. The number of aromatic nitrogens is 5. The Morgan fingerprint density at radius 3 is 2.67 bits per heavy atom. The topological polar surface area (TPSA) is 115 Å². The highest BCUT2D eigenvalue weighted by molar-refractivity contribution is 7.14. The van der Waals surface area contributed by atoms with E-state index in [1.54, 1.807) is 13.1 Å². The van der Waals surface area contributed by atoms with Gasteiger partial charge in [0.05, 0.1) is 18.1 Å². The monoisotopic (exact) mass is 303 g/mol. The number of fused-ring (bicyclic) bond motifs is 1. The zero-order valence-corrected chi connectivity index (χ0v) is 12.5. The Kier molecular flexibility index (Phi) is 4.00. The van der Waals surface area contributed by atoms with Crippen LogP contribution >= 0.6 is 11.3 Å². The third-order valence-corrected chi connectivity index (χ3v) is 3.36. The molecule has 0 fully saturated rings. The molecule has 0 aliphatic rings. The van der Waals surface area contributed by atoms with E-state index in [0.717, 1.165) is 9.69 Å². The van der Waals surface area contributed by atoms with Crippen molar-refractivity contribution in [3.05, 3.63) is 27.8 Å². The molecule has 3 aromatic rings. The first kappa shape index (κ1) is 14.7. The molecular weight excluding hydrogens is 290 g/mol. The van der Waals surface area contributed by atoms with Crippen molar-refractivity contribution in [1.82, 2.24) is 24.4 Å². The molecule has 0 amide bonds. The van der Waals surface area contributed by atoms with Gasteiger partial charge in [0, 0.05) is 0 Å². The Morgan fingerprint density at radius 2 is 2.10 bits per heavy atom. The number of nitrogens with two attached hydrogens (primary N) is 1. The summed E-state index contributed by atoms with van der Waals surface area (Å²) in [5.41, 5.74) is 6.07. The molecule has 0 aliphatic heterocycles. The standard InChI is InChI=1S/C10H7N7OS.C2H6/c1-5-14-15-9(19-5)7-8-13-2-6(12)3-16(8)17(4-11)10(7)18;1-2/h2-3H,12H2,1H3;1-2H3. The number of aryl methyl sites for hydroxylation is 1. The van der Waals surface area contributed by atoms with Crippen LogP contribution in [0.25, 0.3) is 16.2 Å². The first-order valence-electron chi connectivity index (χ1n) is 6.21. The van der Waals surface area contributed by atoms with Crippen LogP contribution < -0.4 is 11.3 Å². The molecule has 0 aliphatic carbocycles. The minimum Gasteiger partial charge on any atom is -0.396 e. The van der Waals surface area contributed by atoms with Gasteiger partial charge in [0.25, 0.3) is 5.56 Å². The number of nitrogens with zero attached hydrogens (tertiary/aromatic N) is 6. The van der Waals surface area contributed by atoms with E-state index < -0.39 is 5.56 Å². The quantitative estimate of drug-likeness (QED) is 0.723. The summed E-state index contributed by atoms with van der Waals surface area (Å²) in [6.07, 6.45) is 4.68. The van der Waals surface area contributed by atoms with E-state index in [4.69, 9.17) is 11.0 Å². The molecule has 21 heavy (non-hydrogen) atoms. The molecule has 0 bridgehead atoms. The van der Waals surface area contributed by atoms with Gasteiger partial charge in [-0.2, -0.15) is 5.26 Å². The lowest BCUT2D eigenvalue weighted by molar-refractivity contribution is 0.781. The fourth-order valence-electron chi connectivity index (χ4n) is 1.74. The van der Waals surface area contributed by atoms with Gasteiger partial charge in [-0.05, 0) is 6.92 Å². The number of rotatable bonds is 1. The lowest BCUT2D eigenvalue weighted by Gasteiger charge is -1.97. The molecule has 0 radical (unpaired) electrons. The second-order valence-electron chi connectivity index (χ2n) is 3.77. The first-order chi connectivity index (χ1) is 10.1. The fourth-order valence-corrected chi connectivity index (χ4v) is 2.46. The van der Waals surface area contributed by atoms with Crippen LogP contribution in [0, 0.1) is 18.4 Å². The molecule has 3 aromatic heterocycles. The molecular formula is C12H13N7OS. The molecule has 3 heterocycles. The number of hydrogen-bond donors (Lipinski definition) is 1. The number of nitrogen functional groups attached to an aromatic ring is 1. The zero-order chi connectivity index (χ0) is 15.6. The van der Waals surface area contributed by atoms with Crippen LogP contribution in [-0.4, -0.2) is 24.4 Å². The maximum Gasteiger partial charge on any atom is 0.293 e. The van der Waals surface area contributed by atoms with Crippen LogP contribution in [0.3, 0.4) is 0 Å². The maximum atomic E-state index is 12.2. The van der Waals surface area contributed by atoms with Gasteiger partial charge in [0.2, 0.25) is 6.19 Å². The van der Waals surface area contributed by atoms with E-state index in [2.05, 4.69) is 15.2 Å². The summed E-state index contributed by atoms with van der Waals surface area (Å²) in [5, 5.41) is 18.0. The largest absolute Gasteiger partial charge is 0.396 e. The van der Waals surface area contributed by atoms with Crippen LogP contribution in [-0.2, 0) is 0 Å². The zero-order valence-electron chi connectivity index (χ0n) is 11.7. The fraction of sp³-hybridized carbons (Fsp3) is 0.250. The Balaban J connectivity index is 0.000000774. The maximum absolute atomic E-state index is 12.2. The van der Waals surface area contributed by atoms with Crippen molar-refractivity contribution in [3.63, 3.8) is 0 Å². The number of anilines is 1. The average Bonchev–Trinajstić information content (AvgIpc) is 3.01. The molecule has 9 heteroatoms. The Hall–Kier alpha value is -2.73. The molecule has 108 valence electrons. The van der Waals surface area contributed by atoms with Crippen molar-refractivity contribution in [1.29, 1.82) is 5.26 Å². The molecule has 0 unspecified atom stereocenters. The summed E-state index contributed by atoms with van der Waals surface area (Å²) >= 11 is 1.27. The lowest BCUT2D eigenvalue weighted by atomic mass is 10.3. The van der Waals surface area contributed by atoms with Crippen LogP contribution in [0.1, 0.15) is 18.9 Å². The minimum atomic E-state index is -0.489. The predicted octanol–water partition coefficient (Wildman–Crippen LogP) is 1.26. The summed E-state index contributed by atoms with van der Waals surface area (Å²) in [4.78, 5) is 16.3. The van der Waals surface area contributed by atoms with Gasteiger partial charge in [-0.3, -0.25) is 4.79 Å². The van der Waals surface area contributed by atoms with Gasteiger partial charge >= 0.3 is 0 Å². The van der Waals surface area contributed by atoms with E-state index in [9.17, 15) is 4.79 Å². The van der Waals surface area contributed by atoms with Crippen molar-refractivity contribution in [3.8, 4) is 16.8 Å². The van der Waals surface area contributed by atoms with Gasteiger partial charge in [0.1, 0.15) is 10.6 Å². The van der Waals surface area contributed by atoms with Gasteiger partial charge in [0.15, 0.2) is 10.7 Å². The van der Waals surface area contributed by atoms with Gasteiger partial charge < -0.3 is 5.73 Å². The van der Waals surface area contributed by atoms with Crippen molar-refractivity contribution in [2.45, 2.75) is 20.8 Å². The molecule has 0 aromatic carbocycles. The Bertz CT molecular complexity index is 883. The number of hydrogen-bond acceptors (Lipinski definition) is 7. The molecule has 2 N–H and O–H groups in total. The summed E-state index contributed by atoms with van der Waals surface area (Å²) in [5.74, 6) is 0. The third-order valence-electron chi connectivity index (χ3n) is 2.50. The van der Waals surface area contributed by atoms with E-state index in [-0.39, 0.29) is 5.56 Å². The van der Waals surface area contributed by atoms with Crippen molar-refractivity contribution in [2.75, 3.05) is 5.73 Å².